The summed E-state index contributed by atoms with van der Waals surface area (Å²) >= 11 is 0. The smallest absolute Gasteiger partial charge is 0.466 e. The third-order valence-corrected chi connectivity index (χ3v) is 27.6. The van der Waals surface area contributed by atoms with Crippen molar-refractivity contribution >= 4 is 36.2 Å². The van der Waals surface area contributed by atoms with Crippen LogP contribution >= 0.6 is 0 Å². The first-order chi connectivity index (χ1) is 60.8. The van der Waals surface area contributed by atoms with E-state index in [2.05, 4.69) is 65.2 Å². The number of unbranched alkanes of at least 4 members (excludes halogenated alkanes) is 36. The molecule has 0 aromatic rings. The SMILES string of the molecule is CCCCCC(CCCCC)CCOC(=O)CCCCCCCCCC(CCCCCCCCCC(=O)OCCC(CCCCC)CC(CCC)C(CCCC)C(CCCCC)CCOC(=O)CCCCCCCCCC(CCCCCCCCOC(=O)OCCC(CCCCC)CCCCC)OC(=O)OCCN1CCCC1)C(=O)OCCCN1CCCC1. The number of likely N-dealkylation sites (tertiary alicyclic amines) is 2. The van der Waals surface area contributed by atoms with Gasteiger partial charge in [0.05, 0.1) is 45.6 Å². The van der Waals surface area contributed by atoms with Crippen molar-refractivity contribution in [2.45, 2.75) is 530 Å². The van der Waals surface area contributed by atoms with E-state index in [-0.39, 0.29) is 35.9 Å². The highest BCUT2D eigenvalue weighted by atomic mass is 16.7. The lowest BCUT2D eigenvalue weighted by molar-refractivity contribution is -0.149. The molecule has 6 unspecified atom stereocenters. The van der Waals surface area contributed by atoms with Crippen molar-refractivity contribution in [2.24, 2.45) is 41.4 Å². The van der Waals surface area contributed by atoms with Crippen molar-refractivity contribution in [1.29, 1.82) is 0 Å². The van der Waals surface area contributed by atoms with Crippen molar-refractivity contribution in [2.75, 3.05) is 85.5 Å². The zero-order valence-electron chi connectivity index (χ0n) is 83.0. The summed E-state index contributed by atoms with van der Waals surface area (Å²) in [5, 5.41) is 0. The molecular formula is C108H204N2O14. The maximum Gasteiger partial charge on any atom is 0.508 e. The quantitative estimate of drug-likeness (QED) is 0.0318. The topological polar surface area (TPSA) is 183 Å². The van der Waals surface area contributed by atoms with Crippen LogP contribution in [0.1, 0.15) is 524 Å². The molecule has 0 aliphatic carbocycles. The summed E-state index contributed by atoms with van der Waals surface area (Å²) in [6.45, 7) is 27.9. The summed E-state index contributed by atoms with van der Waals surface area (Å²) in [5.41, 5.74) is 0. The van der Waals surface area contributed by atoms with Gasteiger partial charge in [0.25, 0.3) is 0 Å². The van der Waals surface area contributed by atoms with E-state index in [0.717, 1.165) is 251 Å². The van der Waals surface area contributed by atoms with Gasteiger partial charge in [0.1, 0.15) is 12.7 Å². The van der Waals surface area contributed by atoms with E-state index < -0.39 is 12.3 Å². The summed E-state index contributed by atoms with van der Waals surface area (Å²) in [6.07, 6.45) is 79.1. The Hall–Kier alpha value is -3.66. The second-order valence-corrected chi connectivity index (χ2v) is 38.8. The summed E-state index contributed by atoms with van der Waals surface area (Å²) in [6, 6.07) is 0. The lowest BCUT2D eigenvalue weighted by Gasteiger charge is -2.36. The van der Waals surface area contributed by atoms with Crippen LogP contribution in [0.15, 0.2) is 0 Å². The molecular weight excluding hydrogens is 1550 g/mol. The van der Waals surface area contributed by atoms with Gasteiger partial charge in [-0.1, -0.05) is 370 Å². The molecule has 6 atom stereocenters. The number of esters is 4. The highest BCUT2D eigenvalue weighted by molar-refractivity contribution is 5.72. The molecule has 0 aromatic heterocycles. The molecule has 2 aliphatic rings. The molecule has 16 nitrogen and oxygen atoms in total. The number of rotatable bonds is 93. The Kier molecular flexibility index (Phi) is 82.0. The fourth-order valence-electron chi connectivity index (χ4n) is 19.7. The van der Waals surface area contributed by atoms with Crippen LogP contribution in [0.2, 0.25) is 0 Å². The van der Waals surface area contributed by atoms with Gasteiger partial charge >= 0.3 is 36.2 Å². The van der Waals surface area contributed by atoms with Crippen LogP contribution in [0.4, 0.5) is 9.59 Å². The molecule has 730 valence electrons. The lowest BCUT2D eigenvalue weighted by Crippen LogP contribution is -2.28. The van der Waals surface area contributed by atoms with E-state index in [1.54, 1.807) is 0 Å². The standard InChI is InChI=1S/C108H204N2O14/c1-9-17-43-63-95(64-44-18-10-2)77-89-117-103(111)74-53-39-30-24-27-35-49-69-99(106(114)120-88-61-85-109-81-56-57-82-109)70-50-36-28-25-31-40-54-75-104(112)118-90-79-97(67-47-21-13-5)94-100(62-16-8)102(73-23-15-7)98(68-48-22-14-6)80-92-119-105(113)76-55-41-32-26-29-37-51-71-101(124-108(116)123-93-86-110-83-58-59-84-110)72-52-38-33-34-42-60-87-121-107(115)122-91-78-96(65-45-19-11-3)66-46-20-12-4/h95-102H,9-94H2,1-8H3. The predicted octanol–water partition coefficient (Wildman–Crippen LogP) is 31.4. The molecule has 0 amide bonds. The Morgan fingerprint density at radius 3 is 1.02 bits per heavy atom. The summed E-state index contributed by atoms with van der Waals surface area (Å²) < 4.78 is 46.3. The Balaban J connectivity index is 1.78. The third-order valence-electron chi connectivity index (χ3n) is 27.6. The van der Waals surface area contributed by atoms with Crippen LogP contribution in [0.5, 0.6) is 0 Å². The van der Waals surface area contributed by atoms with E-state index in [4.69, 9.17) is 37.9 Å². The fraction of sp³-hybridized carbons (Fsp3) is 0.944. The van der Waals surface area contributed by atoms with Crippen molar-refractivity contribution in [1.82, 2.24) is 9.80 Å². The van der Waals surface area contributed by atoms with Crippen LogP contribution in [0.3, 0.4) is 0 Å². The van der Waals surface area contributed by atoms with Gasteiger partial charge < -0.3 is 42.8 Å². The number of carbonyl (C=O) groups excluding carboxylic acids is 6. The second-order valence-electron chi connectivity index (χ2n) is 38.8. The molecule has 2 rings (SSSR count). The van der Waals surface area contributed by atoms with Crippen LogP contribution < -0.4 is 0 Å². The minimum Gasteiger partial charge on any atom is -0.466 e. The molecule has 2 saturated heterocycles. The van der Waals surface area contributed by atoms with E-state index in [0.29, 0.717) is 101 Å². The molecule has 2 aliphatic heterocycles. The van der Waals surface area contributed by atoms with Crippen molar-refractivity contribution < 1.29 is 66.7 Å². The molecule has 2 fully saturated rings. The van der Waals surface area contributed by atoms with Gasteiger partial charge in [-0.15, -0.1) is 0 Å². The number of ether oxygens (including phenoxy) is 8. The van der Waals surface area contributed by atoms with Crippen LogP contribution in [-0.4, -0.2) is 138 Å². The summed E-state index contributed by atoms with van der Waals surface area (Å²) in [4.78, 5) is 82.9. The van der Waals surface area contributed by atoms with Gasteiger partial charge in [0, 0.05) is 32.4 Å². The first-order valence-electron chi connectivity index (χ1n) is 54.5. The molecule has 0 spiro atoms. The number of hydrogen-bond donors (Lipinski definition) is 0. The Morgan fingerprint density at radius 2 is 0.581 bits per heavy atom. The van der Waals surface area contributed by atoms with E-state index in [1.165, 1.54) is 238 Å². The molecule has 0 bridgehead atoms. The molecule has 124 heavy (non-hydrogen) atoms. The number of nitrogens with zero attached hydrogens (tertiary/aromatic N) is 2. The van der Waals surface area contributed by atoms with Crippen molar-refractivity contribution in [3.05, 3.63) is 0 Å². The predicted molar refractivity (Wildman–Crippen MR) is 517 cm³/mol. The van der Waals surface area contributed by atoms with Gasteiger partial charge in [0.15, 0.2) is 0 Å². The Morgan fingerprint density at radius 1 is 0.242 bits per heavy atom. The van der Waals surface area contributed by atoms with Gasteiger partial charge in [0.2, 0.25) is 0 Å². The molecule has 0 saturated carbocycles. The lowest BCUT2D eigenvalue weighted by atomic mass is 9.69. The molecule has 0 N–H and O–H groups in total. The Labute approximate surface area is 765 Å². The maximum absolute atomic E-state index is 13.5. The first-order valence-corrected chi connectivity index (χ1v) is 54.5. The largest absolute Gasteiger partial charge is 0.508 e. The average molecular weight is 1750 g/mol. The number of hydrogen-bond acceptors (Lipinski definition) is 16. The zero-order chi connectivity index (χ0) is 89.7. The normalized spacial score (nSPS) is 14.7. The molecule has 0 aromatic carbocycles. The minimum absolute atomic E-state index is 0.0102. The van der Waals surface area contributed by atoms with Gasteiger partial charge in [-0.05, 0) is 197 Å². The summed E-state index contributed by atoms with van der Waals surface area (Å²) in [7, 11) is 0. The number of carbonyl (C=O) groups is 6. The third kappa shape index (κ3) is 70.2. The van der Waals surface area contributed by atoms with Gasteiger partial charge in [-0.2, -0.15) is 0 Å². The van der Waals surface area contributed by atoms with E-state index in [9.17, 15) is 28.8 Å². The minimum atomic E-state index is -0.536. The van der Waals surface area contributed by atoms with Gasteiger partial charge in [-0.25, -0.2) is 9.59 Å². The molecule has 0 radical (unpaired) electrons. The fourth-order valence-corrected chi connectivity index (χ4v) is 19.7. The zero-order valence-corrected chi connectivity index (χ0v) is 83.0. The molecule has 16 heteroatoms. The second kappa shape index (κ2) is 87.3. The highest BCUT2D eigenvalue weighted by Gasteiger charge is 2.32. The summed E-state index contributed by atoms with van der Waals surface area (Å²) in [5.74, 6) is 3.43. The van der Waals surface area contributed by atoms with Gasteiger partial charge in [-0.3, -0.25) is 24.1 Å². The highest BCUT2D eigenvalue weighted by Crippen LogP contribution is 2.41. The van der Waals surface area contributed by atoms with Crippen LogP contribution in [0, 0.1) is 41.4 Å². The van der Waals surface area contributed by atoms with Crippen LogP contribution in [0.25, 0.3) is 0 Å². The average Bonchev–Trinajstić information content (AvgIpc) is 1.15. The van der Waals surface area contributed by atoms with Crippen molar-refractivity contribution in [3.63, 3.8) is 0 Å². The first kappa shape index (κ1) is 116. The Bertz CT molecular complexity index is 2360. The molecule has 2 heterocycles. The monoisotopic (exact) mass is 1750 g/mol. The van der Waals surface area contributed by atoms with E-state index in [1.807, 2.05) is 0 Å². The van der Waals surface area contributed by atoms with Crippen molar-refractivity contribution in [3.8, 4) is 0 Å². The maximum atomic E-state index is 13.5. The van der Waals surface area contributed by atoms with Crippen LogP contribution in [-0.2, 0) is 57.1 Å². The van der Waals surface area contributed by atoms with E-state index >= 15 is 0 Å².